The van der Waals surface area contributed by atoms with E-state index in [-0.39, 0.29) is 6.04 Å². The van der Waals surface area contributed by atoms with Crippen LogP contribution in [0, 0.1) is 0 Å². The van der Waals surface area contributed by atoms with Gasteiger partial charge in [-0.15, -0.1) is 11.3 Å². The number of anilines is 1. The van der Waals surface area contributed by atoms with Crippen LogP contribution >= 0.6 is 11.3 Å². The third-order valence-electron chi connectivity index (χ3n) is 2.46. The minimum absolute atomic E-state index is 0.229. The molecule has 0 saturated heterocycles. The van der Waals surface area contributed by atoms with E-state index in [9.17, 15) is 8.42 Å². The number of nitrogens with one attached hydrogen (secondary N) is 1. The summed E-state index contributed by atoms with van der Waals surface area (Å²) in [7, 11) is -3.51. The van der Waals surface area contributed by atoms with Crippen molar-refractivity contribution in [1.82, 2.24) is 0 Å². The molecule has 0 unspecified atom stereocenters. The van der Waals surface area contributed by atoms with E-state index >= 15 is 0 Å². The molecule has 0 spiro atoms. The predicted molar refractivity (Wildman–Crippen MR) is 74.2 cm³/mol. The fourth-order valence-corrected chi connectivity index (χ4v) is 3.68. The molecule has 0 aliphatic heterocycles. The van der Waals surface area contributed by atoms with Gasteiger partial charge in [0.1, 0.15) is 4.21 Å². The molecule has 1 aromatic heterocycles. The quantitative estimate of drug-likeness (QED) is 0.905. The fourth-order valence-electron chi connectivity index (χ4n) is 1.60. The van der Waals surface area contributed by atoms with E-state index < -0.39 is 10.0 Å². The van der Waals surface area contributed by atoms with Gasteiger partial charge in [-0.05, 0) is 30.0 Å². The number of nitrogens with two attached hydrogens (primary N) is 1. The molecular weight excluding hydrogens is 268 g/mol. The third-order valence-corrected chi connectivity index (χ3v) is 5.22. The molecule has 2 aromatic rings. The van der Waals surface area contributed by atoms with Crippen molar-refractivity contribution < 1.29 is 8.42 Å². The molecule has 18 heavy (non-hydrogen) atoms. The first-order chi connectivity index (χ1) is 8.50. The van der Waals surface area contributed by atoms with Crippen LogP contribution in [0.5, 0.6) is 0 Å². The van der Waals surface area contributed by atoms with Crippen LogP contribution in [-0.2, 0) is 10.0 Å². The molecule has 1 aromatic carbocycles. The minimum atomic E-state index is -3.51. The molecule has 3 N–H and O–H groups in total. The molecule has 0 amide bonds. The number of sulfonamides is 1. The predicted octanol–water partition coefficient (Wildman–Crippen LogP) is 2.57. The van der Waals surface area contributed by atoms with Gasteiger partial charge in [0.15, 0.2) is 0 Å². The lowest BCUT2D eigenvalue weighted by atomic mass is 10.1. The molecule has 0 aliphatic carbocycles. The zero-order valence-electron chi connectivity index (χ0n) is 9.83. The van der Waals surface area contributed by atoms with Crippen LogP contribution < -0.4 is 10.5 Å². The van der Waals surface area contributed by atoms with Crippen molar-refractivity contribution in [3.63, 3.8) is 0 Å². The summed E-state index contributed by atoms with van der Waals surface area (Å²) < 4.78 is 27.1. The first-order valence-corrected chi connectivity index (χ1v) is 7.78. The van der Waals surface area contributed by atoms with Gasteiger partial charge >= 0.3 is 0 Å². The summed E-state index contributed by atoms with van der Waals surface area (Å²) in [5.74, 6) is 0. The van der Waals surface area contributed by atoms with Gasteiger partial charge in [-0.2, -0.15) is 0 Å². The Morgan fingerprint density at radius 2 is 1.94 bits per heavy atom. The maximum atomic E-state index is 12.1. The molecular formula is C12H14N2O2S2. The lowest BCUT2D eigenvalue weighted by Gasteiger charge is -2.13. The van der Waals surface area contributed by atoms with Crippen molar-refractivity contribution in [2.24, 2.45) is 5.73 Å². The van der Waals surface area contributed by atoms with Crippen LogP contribution in [0.15, 0.2) is 46.0 Å². The number of benzene rings is 1. The van der Waals surface area contributed by atoms with Crippen molar-refractivity contribution in [2.45, 2.75) is 17.2 Å². The van der Waals surface area contributed by atoms with Crippen molar-refractivity contribution in [3.05, 3.63) is 47.3 Å². The first-order valence-electron chi connectivity index (χ1n) is 5.41. The molecule has 96 valence electrons. The molecule has 0 fully saturated rings. The summed E-state index contributed by atoms with van der Waals surface area (Å²) >= 11 is 1.18. The van der Waals surface area contributed by atoms with Crippen LogP contribution in [0.25, 0.3) is 0 Å². The smallest absolute Gasteiger partial charge is 0.271 e. The normalized spacial score (nSPS) is 13.2. The Kier molecular flexibility index (Phi) is 3.70. The lowest BCUT2D eigenvalue weighted by molar-refractivity contribution is 0.603. The largest absolute Gasteiger partial charge is 0.324 e. The highest BCUT2D eigenvalue weighted by atomic mass is 32.2. The second-order valence-electron chi connectivity index (χ2n) is 3.91. The Morgan fingerprint density at radius 3 is 2.56 bits per heavy atom. The van der Waals surface area contributed by atoms with Crippen LogP contribution in [0.2, 0.25) is 0 Å². The maximum absolute atomic E-state index is 12.1. The molecule has 1 atom stereocenters. The second-order valence-corrected chi connectivity index (χ2v) is 6.77. The average molecular weight is 282 g/mol. The Balaban J connectivity index is 2.36. The zero-order chi connectivity index (χ0) is 13.2. The molecule has 4 nitrogen and oxygen atoms in total. The summed E-state index contributed by atoms with van der Waals surface area (Å²) in [4.78, 5) is 0. The number of rotatable bonds is 4. The zero-order valence-corrected chi connectivity index (χ0v) is 11.5. The van der Waals surface area contributed by atoms with Crippen molar-refractivity contribution in [2.75, 3.05) is 4.72 Å². The van der Waals surface area contributed by atoms with Gasteiger partial charge in [0, 0.05) is 6.04 Å². The lowest BCUT2D eigenvalue weighted by Crippen LogP contribution is -2.15. The second kappa shape index (κ2) is 5.09. The number of hydrogen-bond donors (Lipinski definition) is 2. The third kappa shape index (κ3) is 2.72. The van der Waals surface area contributed by atoms with Gasteiger partial charge in [0.2, 0.25) is 0 Å². The van der Waals surface area contributed by atoms with E-state index in [4.69, 9.17) is 5.73 Å². The van der Waals surface area contributed by atoms with E-state index in [0.717, 1.165) is 5.56 Å². The van der Waals surface area contributed by atoms with Gasteiger partial charge < -0.3 is 5.73 Å². The summed E-state index contributed by atoms with van der Waals surface area (Å²) in [6.07, 6.45) is 0. The number of thiophene rings is 1. The van der Waals surface area contributed by atoms with Crippen molar-refractivity contribution in [3.8, 4) is 0 Å². The Bertz CT molecular complexity index is 619. The Labute approximate surface area is 111 Å². The van der Waals surface area contributed by atoms with Crippen LogP contribution in [0.3, 0.4) is 0 Å². The van der Waals surface area contributed by atoms with Gasteiger partial charge in [0.05, 0.1) is 5.69 Å². The molecule has 1 heterocycles. The molecule has 2 rings (SSSR count). The summed E-state index contributed by atoms with van der Waals surface area (Å²) in [5, 5.41) is 1.73. The van der Waals surface area contributed by atoms with E-state index in [1.807, 2.05) is 19.1 Å². The Hall–Kier alpha value is -1.37. The van der Waals surface area contributed by atoms with Crippen LogP contribution in [-0.4, -0.2) is 8.42 Å². The van der Waals surface area contributed by atoms with Crippen molar-refractivity contribution in [1.29, 1.82) is 0 Å². The molecule has 0 radical (unpaired) electrons. The molecule has 0 bridgehead atoms. The SMILES string of the molecule is C[C@H](N)c1ccccc1NS(=O)(=O)c1cccs1. The van der Waals surface area contributed by atoms with E-state index in [2.05, 4.69) is 4.72 Å². The van der Waals surface area contributed by atoms with E-state index in [1.165, 1.54) is 11.3 Å². The maximum Gasteiger partial charge on any atom is 0.271 e. The summed E-state index contributed by atoms with van der Waals surface area (Å²) in [6.45, 7) is 1.82. The van der Waals surface area contributed by atoms with E-state index in [1.54, 1.807) is 29.6 Å². The van der Waals surface area contributed by atoms with Gasteiger partial charge in [-0.3, -0.25) is 4.72 Å². The molecule has 6 heteroatoms. The highest BCUT2D eigenvalue weighted by molar-refractivity contribution is 7.94. The standard InChI is InChI=1S/C12H14N2O2S2/c1-9(13)10-5-2-3-6-11(10)14-18(15,16)12-7-4-8-17-12/h2-9,14H,13H2,1H3/t9-/m0/s1. The Morgan fingerprint density at radius 1 is 1.22 bits per heavy atom. The average Bonchev–Trinajstić information content (AvgIpc) is 2.83. The van der Waals surface area contributed by atoms with E-state index in [0.29, 0.717) is 9.90 Å². The molecule has 0 aliphatic rings. The highest BCUT2D eigenvalue weighted by Crippen LogP contribution is 2.25. The topological polar surface area (TPSA) is 72.2 Å². The number of para-hydroxylation sites is 1. The van der Waals surface area contributed by atoms with Crippen molar-refractivity contribution >= 4 is 27.0 Å². The van der Waals surface area contributed by atoms with Crippen LogP contribution in [0.1, 0.15) is 18.5 Å². The minimum Gasteiger partial charge on any atom is -0.324 e. The first kappa shape index (κ1) is 13.1. The summed E-state index contributed by atoms with van der Waals surface area (Å²) in [5.41, 5.74) is 7.12. The monoisotopic (exact) mass is 282 g/mol. The fraction of sp³-hybridized carbons (Fsp3) is 0.167. The highest BCUT2D eigenvalue weighted by Gasteiger charge is 2.17. The van der Waals surface area contributed by atoms with Gasteiger partial charge in [-0.1, -0.05) is 24.3 Å². The van der Waals surface area contributed by atoms with Crippen LogP contribution in [0.4, 0.5) is 5.69 Å². The summed E-state index contributed by atoms with van der Waals surface area (Å²) in [6, 6.07) is 10.2. The molecule has 0 saturated carbocycles. The number of hydrogen-bond acceptors (Lipinski definition) is 4. The van der Waals surface area contributed by atoms with Gasteiger partial charge in [0.25, 0.3) is 10.0 Å². The van der Waals surface area contributed by atoms with Gasteiger partial charge in [-0.25, -0.2) is 8.42 Å².